The molecule has 0 radical (unpaired) electrons. The van der Waals surface area contributed by atoms with Gasteiger partial charge in [-0.1, -0.05) is 24.6 Å². The normalized spacial score (nSPS) is 15.8. The minimum absolute atomic E-state index is 0.480. The molecule has 0 saturated carbocycles. The molecule has 0 amide bonds. The highest BCUT2D eigenvalue weighted by molar-refractivity contribution is 5.79. The van der Waals surface area contributed by atoms with Gasteiger partial charge in [0.1, 0.15) is 12.9 Å². The van der Waals surface area contributed by atoms with Gasteiger partial charge in [-0.05, 0) is 45.0 Å². The van der Waals surface area contributed by atoms with Crippen LogP contribution in [0.5, 0.6) is 0 Å². The van der Waals surface area contributed by atoms with Gasteiger partial charge in [0, 0.05) is 25.3 Å². The largest absolute Gasteiger partial charge is 0.357 e. The van der Waals surface area contributed by atoms with E-state index in [2.05, 4.69) is 37.6 Å². The standard InChI is InChI=1S/C19H29N7/c1-2-20-19(21-11-14-25-12-7-4-8-13-25)22-15-18-24-23-16-26(18)17-9-5-3-6-10-17/h3,5-6,9-10,16H,2,4,7-8,11-15H2,1H3,(H2,20,21,22). The minimum Gasteiger partial charge on any atom is -0.357 e. The van der Waals surface area contributed by atoms with Crippen LogP contribution in [0.25, 0.3) is 5.69 Å². The maximum atomic E-state index is 4.68. The molecule has 2 aromatic rings. The van der Waals surface area contributed by atoms with Crippen LogP contribution in [-0.2, 0) is 6.54 Å². The highest BCUT2D eigenvalue weighted by atomic mass is 15.3. The van der Waals surface area contributed by atoms with Crippen molar-refractivity contribution >= 4 is 5.96 Å². The monoisotopic (exact) mass is 355 g/mol. The van der Waals surface area contributed by atoms with Crippen LogP contribution in [0.15, 0.2) is 41.7 Å². The third-order valence-corrected chi connectivity index (χ3v) is 4.54. The van der Waals surface area contributed by atoms with Gasteiger partial charge in [-0.3, -0.25) is 4.57 Å². The Bertz CT molecular complexity index is 674. The molecule has 0 atom stereocenters. The molecule has 7 nitrogen and oxygen atoms in total. The van der Waals surface area contributed by atoms with E-state index in [4.69, 9.17) is 0 Å². The van der Waals surface area contributed by atoms with Crippen LogP contribution >= 0.6 is 0 Å². The summed E-state index contributed by atoms with van der Waals surface area (Å²) in [4.78, 5) is 7.20. The Labute approximate surface area is 155 Å². The molecule has 1 fully saturated rings. The average molecular weight is 355 g/mol. The van der Waals surface area contributed by atoms with Crippen molar-refractivity contribution in [2.24, 2.45) is 4.99 Å². The van der Waals surface area contributed by atoms with Crippen molar-refractivity contribution in [1.29, 1.82) is 0 Å². The number of likely N-dealkylation sites (tertiary alicyclic amines) is 1. The van der Waals surface area contributed by atoms with E-state index in [-0.39, 0.29) is 0 Å². The Kier molecular flexibility index (Phi) is 7.01. The topological polar surface area (TPSA) is 70.4 Å². The number of para-hydroxylation sites is 1. The SMILES string of the molecule is CCNC(=NCc1nncn1-c1ccccc1)NCCN1CCCCC1. The van der Waals surface area contributed by atoms with Crippen LogP contribution in [0.2, 0.25) is 0 Å². The summed E-state index contributed by atoms with van der Waals surface area (Å²) in [5.74, 6) is 1.65. The molecule has 1 aliphatic rings. The van der Waals surface area contributed by atoms with Gasteiger partial charge < -0.3 is 15.5 Å². The molecule has 1 aromatic carbocycles. The first-order chi connectivity index (χ1) is 12.9. The Morgan fingerprint density at radius 2 is 1.92 bits per heavy atom. The quantitative estimate of drug-likeness (QED) is 0.585. The molecule has 0 spiro atoms. The van der Waals surface area contributed by atoms with E-state index in [1.165, 1.54) is 32.4 Å². The average Bonchev–Trinajstić information content (AvgIpc) is 3.16. The number of guanidine groups is 1. The van der Waals surface area contributed by atoms with Crippen molar-refractivity contribution in [3.63, 3.8) is 0 Å². The van der Waals surface area contributed by atoms with Crippen LogP contribution in [-0.4, -0.2) is 58.3 Å². The fourth-order valence-electron chi connectivity index (χ4n) is 3.18. The highest BCUT2D eigenvalue weighted by Gasteiger charge is 2.10. The van der Waals surface area contributed by atoms with Crippen molar-refractivity contribution < 1.29 is 0 Å². The third-order valence-electron chi connectivity index (χ3n) is 4.54. The number of nitrogens with zero attached hydrogens (tertiary/aromatic N) is 5. The van der Waals surface area contributed by atoms with Gasteiger partial charge in [-0.2, -0.15) is 0 Å². The molecular formula is C19H29N7. The number of aromatic nitrogens is 3. The Hall–Kier alpha value is -2.41. The lowest BCUT2D eigenvalue weighted by Gasteiger charge is -2.26. The molecule has 2 heterocycles. The van der Waals surface area contributed by atoms with Crippen molar-refractivity contribution in [3.8, 4) is 5.69 Å². The van der Waals surface area contributed by atoms with Crippen molar-refractivity contribution in [1.82, 2.24) is 30.3 Å². The Balaban J connectivity index is 1.56. The van der Waals surface area contributed by atoms with Gasteiger partial charge in [-0.25, -0.2) is 4.99 Å². The molecule has 26 heavy (non-hydrogen) atoms. The predicted molar refractivity (Wildman–Crippen MR) is 104 cm³/mol. The number of benzene rings is 1. The van der Waals surface area contributed by atoms with E-state index in [1.54, 1.807) is 6.33 Å². The zero-order valence-electron chi connectivity index (χ0n) is 15.6. The highest BCUT2D eigenvalue weighted by Crippen LogP contribution is 2.09. The maximum Gasteiger partial charge on any atom is 0.191 e. The molecule has 1 aromatic heterocycles. The molecule has 3 rings (SSSR count). The van der Waals surface area contributed by atoms with Gasteiger partial charge in [-0.15, -0.1) is 10.2 Å². The molecular weight excluding hydrogens is 326 g/mol. The molecule has 0 aliphatic carbocycles. The number of hydrogen-bond acceptors (Lipinski definition) is 4. The first-order valence-corrected chi connectivity index (χ1v) is 9.55. The molecule has 0 bridgehead atoms. The number of hydrogen-bond donors (Lipinski definition) is 2. The summed E-state index contributed by atoms with van der Waals surface area (Å²) in [6.45, 7) is 7.79. The van der Waals surface area contributed by atoms with Crippen LogP contribution in [0.4, 0.5) is 0 Å². The van der Waals surface area contributed by atoms with Crippen LogP contribution in [0.1, 0.15) is 32.0 Å². The molecule has 1 aliphatic heterocycles. The van der Waals surface area contributed by atoms with Crippen molar-refractivity contribution in [2.75, 3.05) is 32.7 Å². The molecule has 0 unspecified atom stereocenters. The second kappa shape index (κ2) is 9.91. The first kappa shape index (κ1) is 18.4. The zero-order chi connectivity index (χ0) is 18.0. The fraction of sp³-hybridized carbons (Fsp3) is 0.526. The number of piperidine rings is 1. The summed E-state index contributed by atoms with van der Waals surface area (Å²) >= 11 is 0. The second-order valence-electron chi connectivity index (χ2n) is 6.48. The third kappa shape index (κ3) is 5.29. The van der Waals surface area contributed by atoms with Gasteiger partial charge in [0.25, 0.3) is 0 Å². The van der Waals surface area contributed by atoms with Gasteiger partial charge >= 0.3 is 0 Å². The van der Waals surface area contributed by atoms with Crippen LogP contribution in [0.3, 0.4) is 0 Å². The molecule has 140 valence electrons. The maximum absolute atomic E-state index is 4.68. The first-order valence-electron chi connectivity index (χ1n) is 9.55. The molecule has 7 heteroatoms. The lowest BCUT2D eigenvalue weighted by atomic mass is 10.1. The van der Waals surface area contributed by atoms with E-state index in [9.17, 15) is 0 Å². The molecule has 2 N–H and O–H groups in total. The van der Waals surface area contributed by atoms with E-state index >= 15 is 0 Å². The summed E-state index contributed by atoms with van der Waals surface area (Å²) < 4.78 is 1.97. The Morgan fingerprint density at radius 1 is 1.12 bits per heavy atom. The summed E-state index contributed by atoms with van der Waals surface area (Å²) in [6.07, 6.45) is 5.75. The summed E-state index contributed by atoms with van der Waals surface area (Å²) in [5, 5.41) is 15.0. The molecule has 1 saturated heterocycles. The van der Waals surface area contributed by atoms with Gasteiger partial charge in [0.15, 0.2) is 11.8 Å². The Morgan fingerprint density at radius 3 is 2.69 bits per heavy atom. The number of nitrogens with one attached hydrogen (secondary N) is 2. The second-order valence-corrected chi connectivity index (χ2v) is 6.48. The lowest BCUT2D eigenvalue weighted by Crippen LogP contribution is -2.42. The smallest absolute Gasteiger partial charge is 0.191 e. The van der Waals surface area contributed by atoms with E-state index in [1.807, 2.05) is 34.9 Å². The van der Waals surface area contributed by atoms with Crippen molar-refractivity contribution in [2.45, 2.75) is 32.7 Å². The van der Waals surface area contributed by atoms with Crippen LogP contribution in [0, 0.1) is 0 Å². The lowest BCUT2D eigenvalue weighted by molar-refractivity contribution is 0.232. The van der Waals surface area contributed by atoms with E-state index in [0.717, 1.165) is 37.1 Å². The fourth-order valence-corrected chi connectivity index (χ4v) is 3.18. The summed E-state index contributed by atoms with van der Waals surface area (Å²) in [5.41, 5.74) is 1.05. The summed E-state index contributed by atoms with van der Waals surface area (Å²) in [6, 6.07) is 10.1. The minimum atomic E-state index is 0.480. The van der Waals surface area contributed by atoms with Crippen molar-refractivity contribution in [3.05, 3.63) is 42.5 Å². The number of aliphatic imine (C=N–C) groups is 1. The summed E-state index contributed by atoms with van der Waals surface area (Å²) in [7, 11) is 0. The van der Waals surface area contributed by atoms with Crippen LogP contribution < -0.4 is 10.6 Å². The number of rotatable bonds is 7. The predicted octanol–water partition coefficient (Wildman–Crippen LogP) is 1.81. The van der Waals surface area contributed by atoms with E-state index in [0.29, 0.717) is 6.54 Å². The zero-order valence-corrected chi connectivity index (χ0v) is 15.6. The van der Waals surface area contributed by atoms with Gasteiger partial charge in [0.05, 0.1) is 0 Å². The van der Waals surface area contributed by atoms with E-state index < -0.39 is 0 Å². The van der Waals surface area contributed by atoms with Gasteiger partial charge in [0.2, 0.25) is 0 Å².